The molecule has 0 amide bonds. The number of rotatable bonds is 4. The van der Waals surface area contributed by atoms with Gasteiger partial charge in [-0.05, 0) is 40.7 Å². The van der Waals surface area contributed by atoms with E-state index in [0.29, 0.717) is 10.8 Å². The standard InChI is InChI=1S/C15H28N2O/c1-13(2,3)18-12-14(5-6-14)9-17-10-15(11-17)7-16(4)8-15/h5-12H2,1-4H3. The summed E-state index contributed by atoms with van der Waals surface area (Å²) in [5.41, 5.74) is 1.20. The van der Waals surface area contributed by atoms with Crippen LogP contribution in [0.3, 0.4) is 0 Å². The van der Waals surface area contributed by atoms with Crippen LogP contribution >= 0.6 is 0 Å². The Hall–Kier alpha value is -0.120. The van der Waals surface area contributed by atoms with Crippen LogP contribution in [0.5, 0.6) is 0 Å². The highest BCUT2D eigenvalue weighted by molar-refractivity contribution is 5.07. The first-order valence-electron chi connectivity index (χ1n) is 7.35. The Morgan fingerprint density at radius 2 is 1.67 bits per heavy atom. The summed E-state index contributed by atoms with van der Waals surface area (Å²) in [5, 5.41) is 0. The average Bonchev–Trinajstić information content (AvgIpc) is 2.89. The van der Waals surface area contributed by atoms with Gasteiger partial charge in [-0.1, -0.05) is 0 Å². The van der Waals surface area contributed by atoms with Gasteiger partial charge in [0, 0.05) is 43.6 Å². The molecule has 2 heterocycles. The van der Waals surface area contributed by atoms with E-state index < -0.39 is 0 Å². The molecule has 0 bridgehead atoms. The fraction of sp³-hybridized carbons (Fsp3) is 1.00. The molecule has 0 unspecified atom stereocenters. The molecule has 0 N–H and O–H groups in total. The molecule has 0 aromatic rings. The number of ether oxygens (including phenoxy) is 1. The maximum Gasteiger partial charge on any atom is 0.0598 e. The summed E-state index contributed by atoms with van der Waals surface area (Å²) in [4.78, 5) is 5.10. The average molecular weight is 252 g/mol. The smallest absolute Gasteiger partial charge is 0.0598 e. The quantitative estimate of drug-likeness (QED) is 0.759. The number of nitrogens with zero attached hydrogens (tertiary/aromatic N) is 2. The van der Waals surface area contributed by atoms with Crippen molar-refractivity contribution in [1.29, 1.82) is 0 Å². The predicted molar refractivity (Wildman–Crippen MR) is 73.7 cm³/mol. The highest BCUT2D eigenvalue weighted by Gasteiger charge is 2.54. The lowest BCUT2D eigenvalue weighted by atomic mass is 9.73. The summed E-state index contributed by atoms with van der Waals surface area (Å²) in [5.74, 6) is 0. The van der Waals surface area contributed by atoms with Crippen molar-refractivity contribution in [3.8, 4) is 0 Å². The molecular formula is C15H28N2O. The van der Waals surface area contributed by atoms with Crippen molar-refractivity contribution in [3.05, 3.63) is 0 Å². The van der Waals surface area contributed by atoms with Crippen LogP contribution in [0.15, 0.2) is 0 Å². The molecule has 3 nitrogen and oxygen atoms in total. The first kappa shape index (κ1) is 12.9. The largest absolute Gasteiger partial charge is 0.375 e. The van der Waals surface area contributed by atoms with E-state index >= 15 is 0 Å². The van der Waals surface area contributed by atoms with Gasteiger partial charge < -0.3 is 14.5 Å². The summed E-state index contributed by atoms with van der Waals surface area (Å²) < 4.78 is 6.00. The topological polar surface area (TPSA) is 15.7 Å². The highest BCUT2D eigenvalue weighted by atomic mass is 16.5. The Morgan fingerprint density at radius 1 is 1.06 bits per heavy atom. The van der Waals surface area contributed by atoms with Crippen LogP contribution in [-0.4, -0.2) is 61.8 Å². The summed E-state index contributed by atoms with van der Waals surface area (Å²) >= 11 is 0. The van der Waals surface area contributed by atoms with Crippen molar-refractivity contribution in [3.63, 3.8) is 0 Å². The maximum atomic E-state index is 6.00. The molecule has 18 heavy (non-hydrogen) atoms. The summed E-state index contributed by atoms with van der Waals surface area (Å²) in [7, 11) is 2.23. The highest BCUT2D eigenvalue weighted by Crippen LogP contribution is 2.50. The lowest BCUT2D eigenvalue weighted by molar-refractivity contribution is -0.118. The second-order valence-electron chi connectivity index (χ2n) is 8.22. The molecular weight excluding hydrogens is 224 g/mol. The van der Waals surface area contributed by atoms with Crippen LogP contribution in [0, 0.1) is 10.8 Å². The molecule has 1 spiro atoms. The summed E-state index contributed by atoms with van der Waals surface area (Å²) in [6, 6.07) is 0. The lowest BCUT2D eigenvalue weighted by Gasteiger charge is -2.60. The summed E-state index contributed by atoms with van der Waals surface area (Å²) in [6.45, 7) is 14.0. The third kappa shape index (κ3) is 2.59. The van der Waals surface area contributed by atoms with E-state index in [2.05, 4.69) is 37.6 Å². The van der Waals surface area contributed by atoms with Crippen molar-refractivity contribution in [1.82, 2.24) is 9.80 Å². The van der Waals surface area contributed by atoms with Crippen molar-refractivity contribution in [2.24, 2.45) is 10.8 Å². The Morgan fingerprint density at radius 3 is 2.11 bits per heavy atom. The summed E-state index contributed by atoms with van der Waals surface area (Å²) in [6.07, 6.45) is 2.74. The molecule has 0 aromatic carbocycles. The van der Waals surface area contributed by atoms with E-state index in [-0.39, 0.29) is 5.60 Å². The molecule has 3 rings (SSSR count). The van der Waals surface area contributed by atoms with Crippen molar-refractivity contribution >= 4 is 0 Å². The van der Waals surface area contributed by atoms with Gasteiger partial charge in [0.05, 0.1) is 12.2 Å². The number of hydrogen-bond donors (Lipinski definition) is 0. The maximum absolute atomic E-state index is 6.00. The van der Waals surface area contributed by atoms with Gasteiger partial charge >= 0.3 is 0 Å². The van der Waals surface area contributed by atoms with Crippen LogP contribution in [0.1, 0.15) is 33.6 Å². The van der Waals surface area contributed by atoms with Gasteiger partial charge in [-0.3, -0.25) is 0 Å². The van der Waals surface area contributed by atoms with Crippen LogP contribution < -0.4 is 0 Å². The molecule has 0 aromatic heterocycles. The normalized spacial score (nSPS) is 30.0. The Labute approximate surface area is 111 Å². The fourth-order valence-corrected chi connectivity index (χ4v) is 3.68. The van der Waals surface area contributed by atoms with Crippen molar-refractivity contribution in [2.75, 3.05) is 46.4 Å². The minimum atomic E-state index is 0.0163. The molecule has 3 fully saturated rings. The van der Waals surface area contributed by atoms with Gasteiger partial charge in [0.1, 0.15) is 0 Å². The monoisotopic (exact) mass is 252 g/mol. The molecule has 1 saturated carbocycles. The third-order valence-electron chi connectivity index (χ3n) is 4.66. The molecule has 0 atom stereocenters. The zero-order valence-corrected chi connectivity index (χ0v) is 12.5. The van der Waals surface area contributed by atoms with Crippen LogP contribution in [0.4, 0.5) is 0 Å². The molecule has 3 aliphatic rings. The fourth-order valence-electron chi connectivity index (χ4n) is 3.68. The SMILES string of the molecule is CN1CC2(C1)CN(CC1(COC(C)(C)C)CC1)C2. The second kappa shape index (κ2) is 3.94. The van der Waals surface area contributed by atoms with Crippen LogP contribution in [-0.2, 0) is 4.74 Å². The molecule has 2 saturated heterocycles. The zero-order valence-electron chi connectivity index (χ0n) is 12.5. The van der Waals surface area contributed by atoms with E-state index in [1.165, 1.54) is 45.6 Å². The van der Waals surface area contributed by atoms with Crippen molar-refractivity contribution < 1.29 is 4.74 Å². The Balaban J connectivity index is 1.41. The van der Waals surface area contributed by atoms with Gasteiger partial charge in [0.2, 0.25) is 0 Å². The van der Waals surface area contributed by atoms with Crippen molar-refractivity contribution in [2.45, 2.75) is 39.2 Å². The van der Waals surface area contributed by atoms with E-state index in [4.69, 9.17) is 4.74 Å². The minimum Gasteiger partial charge on any atom is -0.375 e. The van der Waals surface area contributed by atoms with E-state index in [1.54, 1.807) is 0 Å². The van der Waals surface area contributed by atoms with E-state index in [1.807, 2.05) is 0 Å². The second-order valence-corrected chi connectivity index (χ2v) is 8.22. The number of likely N-dealkylation sites (tertiary alicyclic amines) is 2. The Bertz CT molecular complexity index is 316. The van der Waals surface area contributed by atoms with Crippen LogP contribution in [0.25, 0.3) is 0 Å². The van der Waals surface area contributed by atoms with Gasteiger partial charge in [-0.2, -0.15) is 0 Å². The predicted octanol–water partition coefficient (Wildman–Crippen LogP) is 1.83. The lowest BCUT2D eigenvalue weighted by Crippen LogP contribution is -2.71. The first-order chi connectivity index (χ1) is 8.30. The first-order valence-corrected chi connectivity index (χ1v) is 7.35. The minimum absolute atomic E-state index is 0.0163. The van der Waals surface area contributed by atoms with Gasteiger partial charge in [0.25, 0.3) is 0 Å². The third-order valence-corrected chi connectivity index (χ3v) is 4.66. The van der Waals surface area contributed by atoms with E-state index in [0.717, 1.165) is 6.61 Å². The number of hydrogen-bond acceptors (Lipinski definition) is 3. The zero-order chi connectivity index (χ0) is 13.0. The van der Waals surface area contributed by atoms with Gasteiger partial charge in [-0.15, -0.1) is 0 Å². The van der Waals surface area contributed by atoms with Gasteiger partial charge in [-0.25, -0.2) is 0 Å². The molecule has 1 aliphatic carbocycles. The van der Waals surface area contributed by atoms with E-state index in [9.17, 15) is 0 Å². The molecule has 104 valence electrons. The van der Waals surface area contributed by atoms with Gasteiger partial charge in [0.15, 0.2) is 0 Å². The van der Waals surface area contributed by atoms with Crippen LogP contribution in [0.2, 0.25) is 0 Å². The molecule has 0 radical (unpaired) electrons. The Kier molecular flexibility index (Phi) is 2.82. The molecule has 3 heteroatoms. The molecule has 2 aliphatic heterocycles.